The number of hydrogen-bond donors (Lipinski definition) is 1. The van der Waals surface area contributed by atoms with Gasteiger partial charge < -0.3 is 5.73 Å². The van der Waals surface area contributed by atoms with Gasteiger partial charge in [0.05, 0.1) is 0 Å². The van der Waals surface area contributed by atoms with E-state index in [1.165, 1.54) is 11.1 Å². The van der Waals surface area contributed by atoms with Crippen molar-refractivity contribution in [2.75, 3.05) is 5.73 Å². The second-order valence-electron chi connectivity index (χ2n) is 5.50. The molecule has 0 fully saturated rings. The van der Waals surface area contributed by atoms with Crippen molar-refractivity contribution in [2.24, 2.45) is 5.92 Å². The van der Waals surface area contributed by atoms with Crippen molar-refractivity contribution in [1.29, 1.82) is 0 Å². The molecule has 1 heterocycles. The maximum atomic E-state index is 5.89. The van der Waals surface area contributed by atoms with E-state index in [2.05, 4.69) is 55.9 Å². The minimum Gasteiger partial charge on any atom is -0.384 e. The Kier molecular flexibility index (Phi) is 3.84. The van der Waals surface area contributed by atoms with Crippen LogP contribution < -0.4 is 5.73 Å². The van der Waals surface area contributed by atoms with Gasteiger partial charge in [0.15, 0.2) is 5.82 Å². The van der Waals surface area contributed by atoms with E-state index in [1.807, 2.05) is 6.07 Å². The third-order valence-corrected chi connectivity index (χ3v) is 3.18. The molecule has 0 aliphatic heterocycles. The van der Waals surface area contributed by atoms with E-state index in [9.17, 15) is 0 Å². The first-order valence-electron chi connectivity index (χ1n) is 6.66. The quantitative estimate of drug-likeness (QED) is 0.912. The Bertz CT molecular complexity index is 589. The molecule has 19 heavy (non-hydrogen) atoms. The van der Waals surface area contributed by atoms with Crippen molar-refractivity contribution in [3.8, 4) is 11.4 Å². The predicted octanol–water partition coefficient (Wildman–Crippen LogP) is 3.54. The molecular formula is C16H21N3. The van der Waals surface area contributed by atoms with Crippen LogP contribution in [0.15, 0.2) is 24.3 Å². The number of anilines is 1. The van der Waals surface area contributed by atoms with E-state index in [-0.39, 0.29) is 0 Å². The first-order chi connectivity index (χ1) is 8.95. The summed E-state index contributed by atoms with van der Waals surface area (Å²) in [5, 5.41) is 0. The molecule has 0 saturated heterocycles. The summed E-state index contributed by atoms with van der Waals surface area (Å²) in [5.41, 5.74) is 10.4. The second-order valence-corrected chi connectivity index (χ2v) is 5.50. The average molecular weight is 255 g/mol. The first kappa shape index (κ1) is 13.5. The Balaban J connectivity index is 2.43. The van der Waals surface area contributed by atoms with Gasteiger partial charge in [0.2, 0.25) is 0 Å². The molecule has 0 radical (unpaired) electrons. The topological polar surface area (TPSA) is 51.8 Å². The van der Waals surface area contributed by atoms with Gasteiger partial charge in [-0.25, -0.2) is 9.97 Å². The average Bonchev–Trinajstić information content (AvgIpc) is 2.31. The highest BCUT2D eigenvalue weighted by atomic mass is 14.9. The van der Waals surface area contributed by atoms with Crippen molar-refractivity contribution in [1.82, 2.24) is 9.97 Å². The molecule has 0 bridgehead atoms. The monoisotopic (exact) mass is 255 g/mol. The van der Waals surface area contributed by atoms with E-state index in [0.29, 0.717) is 11.7 Å². The van der Waals surface area contributed by atoms with Gasteiger partial charge in [-0.3, -0.25) is 0 Å². The van der Waals surface area contributed by atoms with Gasteiger partial charge in [-0.15, -0.1) is 0 Å². The molecule has 0 aliphatic carbocycles. The smallest absolute Gasteiger partial charge is 0.161 e. The number of nitrogen functional groups attached to an aromatic ring is 1. The molecule has 3 heteroatoms. The molecule has 2 aromatic rings. The number of nitrogens with two attached hydrogens (primary N) is 1. The van der Waals surface area contributed by atoms with Gasteiger partial charge in [0.1, 0.15) is 5.82 Å². The summed E-state index contributed by atoms with van der Waals surface area (Å²) in [7, 11) is 0. The van der Waals surface area contributed by atoms with E-state index < -0.39 is 0 Å². The number of rotatable bonds is 3. The molecule has 1 aromatic carbocycles. The van der Waals surface area contributed by atoms with Crippen molar-refractivity contribution in [2.45, 2.75) is 34.1 Å². The summed E-state index contributed by atoms with van der Waals surface area (Å²) in [6.07, 6.45) is 0.921. The maximum absolute atomic E-state index is 5.89. The van der Waals surface area contributed by atoms with Gasteiger partial charge in [-0.2, -0.15) is 0 Å². The fourth-order valence-electron chi connectivity index (χ4n) is 2.05. The summed E-state index contributed by atoms with van der Waals surface area (Å²) in [5.74, 6) is 1.82. The van der Waals surface area contributed by atoms with E-state index in [0.717, 1.165) is 23.5 Å². The fourth-order valence-corrected chi connectivity index (χ4v) is 2.05. The van der Waals surface area contributed by atoms with Crippen LogP contribution in [0, 0.1) is 19.8 Å². The number of aromatic nitrogens is 2. The zero-order chi connectivity index (χ0) is 14.0. The maximum Gasteiger partial charge on any atom is 0.161 e. The molecule has 0 amide bonds. The van der Waals surface area contributed by atoms with Gasteiger partial charge in [0.25, 0.3) is 0 Å². The van der Waals surface area contributed by atoms with Gasteiger partial charge in [-0.05, 0) is 43.4 Å². The van der Waals surface area contributed by atoms with Crippen molar-refractivity contribution in [3.63, 3.8) is 0 Å². The first-order valence-corrected chi connectivity index (χ1v) is 6.66. The number of hydrogen-bond acceptors (Lipinski definition) is 3. The Labute approximate surface area is 114 Å². The summed E-state index contributed by atoms with van der Waals surface area (Å²) in [6, 6.07) is 8.13. The van der Waals surface area contributed by atoms with Crippen molar-refractivity contribution >= 4 is 5.82 Å². The van der Waals surface area contributed by atoms with Crippen LogP contribution in [0.4, 0.5) is 5.82 Å². The summed E-state index contributed by atoms with van der Waals surface area (Å²) in [6.45, 7) is 8.55. The van der Waals surface area contributed by atoms with Crippen molar-refractivity contribution < 1.29 is 0 Å². The lowest BCUT2D eigenvalue weighted by molar-refractivity contribution is 0.635. The Morgan fingerprint density at radius 1 is 1.05 bits per heavy atom. The SMILES string of the molecule is Cc1ccc(-c2nc(N)cc(CC(C)C)n2)cc1C. The van der Waals surface area contributed by atoms with Gasteiger partial charge in [-0.1, -0.05) is 26.0 Å². The van der Waals surface area contributed by atoms with Crippen LogP contribution in [0.1, 0.15) is 30.7 Å². The lowest BCUT2D eigenvalue weighted by Crippen LogP contribution is -2.03. The largest absolute Gasteiger partial charge is 0.384 e. The predicted molar refractivity (Wildman–Crippen MR) is 79.9 cm³/mol. The standard InChI is InChI=1S/C16H21N3/c1-10(2)7-14-9-15(17)19-16(18-14)13-6-5-11(3)12(4)8-13/h5-6,8-10H,7H2,1-4H3,(H2,17,18,19). The van der Waals surface area contributed by atoms with E-state index in [1.54, 1.807) is 0 Å². The van der Waals surface area contributed by atoms with Crippen LogP contribution in [-0.4, -0.2) is 9.97 Å². The van der Waals surface area contributed by atoms with Crippen LogP contribution in [-0.2, 0) is 6.42 Å². The highest BCUT2D eigenvalue weighted by Gasteiger charge is 2.08. The van der Waals surface area contributed by atoms with Crippen LogP contribution >= 0.6 is 0 Å². The Hall–Kier alpha value is -1.90. The van der Waals surface area contributed by atoms with Gasteiger partial charge >= 0.3 is 0 Å². The zero-order valence-corrected chi connectivity index (χ0v) is 12.1. The van der Waals surface area contributed by atoms with E-state index >= 15 is 0 Å². The van der Waals surface area contributed by atoms with Gasteiger partial charge in [0, 0.05) is 17.3 Å². The third kappa shape index (κ3) is 3.31. The second kappa shape index (κ2) is 5.39. The molecule has 1 aromatic heterocycles. The number of aryl methyl sites for hydroxylation is 2. The lowest BCUT2D eigenvalue weighted by Gasteiger charge is -2.09. The molecule has 0 spiro atoms. The highest BCUT2D eigenvalue weighted by Crippen LogP contribution is 2.21. The molecular weight excluding hydrogens is 234 g/mol. The minimum absolute atomic E-state index is 0.541. The number of nitrogens with zero attached hydrogens (tertiary/aromatic N) is 2. The van der Waals surface area contributed by atoms with Crippen LogP contribution in [0.3, 0.4) is 0 Å². The van der Waals surface area contributed by atoms with Crippen LogP contribution in [0.2, 0.25) is 0 Å². The summed E-state index contributed by atoms with van der Waals surface area (Å²) >= 11 is 0. The van der Waals surface area contributed by atoms with Crippen LogP contribution in [0.25, 0.3) is 11.4 Å². The molecule has 2 N–H and O–H groups in total. The third-order valence-electron chi connectivity index (χ3n) is 3.18. The molecule has 0 aliphatic rings. The number of benzene rings is 1. The van der Waals surface area contributed by atoms with Crippen molar-refractivity contribution in [3.05, 3.63) is 41.1 Å². The minimum atomic E-state index is 0.541. The normalized spacial score (nSPS) is 11.0. The van der Waals surface area contributed by atoms with Crippen LogP contribution in [0.5, 0.6) is 0 Å². The molecule has 0 atom stereocenters. The molecule has 0 unspecified atom stereocenters. The summed E-state index contributed by atoms with van der Waals surface area (Å²) in [4.78, 5) is 8.97. The Morgan fingerprint density at radius 2 is 1.79 bits per heavy atom. The molecule has 0 saturated carbocycles. The summed E-state index contributed by atoms with van der Waals surface area (Å²) < 4.78 is 0. The fraction of sp³-hybridized carbons (Fsp3) is 0.375. The molecule has 2 rings (SSSR count). The van der Waals surface area contributed by atoms with E-state index in [4.69, 9.17) is 5.73 Å². The Morgan fingerprint density at radius 3 is 2.42 bits per heavy atom. The molecule has 100 valence electrons. The molecule has 3 nitrogen and oxygen atoms in total. The lowest BCUT2D eigenvalue weighted by atomic mass is 10.1. The highest BCUT2D eigenvalue weighted by molar-refractivity contribution is 5.59. The zero-order valence-electron chi connectivity index (χ0n) is 12.1.